The van der Waals surface area contributed by atoms with Crippen molar-refractivity contribution in [3.05, 3.63) is 47.7 Å². The normalized spacial score (nSPS) is 18.4. The Kier molecular flexibility index (Phi) is 4.81. The predicted molar refractivity (Wildman–Crippen MR) is 101 cm³/mol. The molecule has 0 unspecified atom stereocenters. The molecule has 3 N–H and O–H groups in total. The molecule has 0 bridgehead atoms. The summed E-state index contributed by atoms with van der Waals surface area (Å²) in [5.74, 6) is 1.75. The van der Waals surface area contributed by atoms with Crippen LogP contribution >= 0.6 is 0 Å². The van der Waals surface area contributed by atoms with Crippen LogP contribution in [0.4, 0.5) is 11.8 Å². The molecule has 0 amide bonds. The number of nitrogens with zero attached hydrogens (tertiary/aromatic N) is 4. The van der Waals surface area contributed by atoms with E-state index in [1.54, 1.807) is 0 Å². The lowest BCUT2D eigenvalue weighted by Gasteiger charge is -2.35. The zero-order valence-corrected chi connectivity index (χ0v) is 14.6. The second-order valence-electron chi connectivity index (χ2n) is 6.87. The monoisotopic (exact) mass is 338 g/mol. The molecule has 25 heavy (non-hydrogen) atoms. The molecule has 1 saturated heterocycles. The van der Waals surface area contributed by atoms with Crippen molar-refractivity contribution in [3.8, 4) is 0 Å². The standard InChI is InChI=1S/C19H26N6/c20-6-8-24-9-11-25(12-10-24)18-5-7-21-19(23-18)22-17-13-15-3-1-2-4-16(15)14-17/h1-5,7,17H,6,8-14,20H2,(H,21,22,23). The smallest absolute Gasteiger partial charge is 0.224 e. The highest BCUT2D eigenvalue weighted by Gasteiger charge is 2.22. The topological polar surface area (TPSA) is 70.3 Å². The Bertz CT molecular complexity index is 686. The first-order chi connectivity index (χ1) is 12.3. The number of hydrogen-bond acceptors (Lipinski definition) is 6. The predicted octanol–water partition coefficient (Wildman–Crippen LogP) is 1.14. The van der Waals surface area contributed by atoms with Gasteiger partial charge in [-0.3, -0.25) is 4.90 Å². The fraction of sp³-hybridized carbons (Fsp3) is 0.474. The first-order valence-corrected chi connectivity index (χ1v) is 9.15. The van der Waals surface area contributed by atoms with E-state index in [2.05, 4.69) is 44.4 Å². The van der Waals surface area contributed by atoms with Gasteiger partial charge in [-0.2, -0.15) is 4.98 Å². The summed E-state index contributed by atoms with van der Waals surface area (Å²) in [4.78, 5) is 13.9. The van der Waals surface area contributed by atoms with Crippen molar-refractivity contribution in [2.45, 2.75) is 18.9 Å². The average Bonchev–Trinajstić information content (AvgIpc) is 3.05. The van der Waals surface area contributed by atoms with Crippen LogP contribution in [0, 0.1) is 0 Å². The van der Waals surface area contributed by atoms with Crippen LogP contribution in [0.25, 0.3) is 0 Å². The summed E-state index contributed by atoms with van der Waals surface area (Å²) in [6.45, 7) is 5.78. The van der Waals surface area contributed by atoms with Gasteiger partial charge in [0.05, 0.1) is 0 Å². The summed E-state index contributed by atoms with van der Waals surface area (Å²) in [5, 5.41) is 3.52. The number of nitrogens with one attached hydrogen (secondary N) is 1. The van der Waals surface area contributed by atoms with Crippen LogP contribution in [0.1, 0.15) is 11.1 Å². The Balaban J connectivity index is 1.38. The summed E-state index contributed by atoms with van der Waals surface area (Å²) >= 11 is 0. The van der Waals surface area contributed by atoms with Crippen LogP contribution in [0.2, 0.25) is 0 Å². The van der Waals surface area contributed by atoms with Crippen LogP contribution in [0.3, 0.4) is 0 Å². The van der Waals surface area contributed by atoms with Gasteiger partial charge in [0, 0.05) is 51.5 Å². The first kappa shape index (κ1) is 16.3. The van der Waals surface area contributed by atoms with E-state index in [9.17, 15) is 0 Å². The highest BCUT2D eigenvalue weighted by atomic mass is 15.3. The van der Waals surface area contributed by atoms with Crippen molar-refractivity contribution in [1.82, 2.24) is 14.9 Å². The van der Waals surface area contributed by atoms with Crippen molar-refractivity contribution in [2.24, 2.45) is 5.73 Å². The van der Waals surface area contributed by atoms with Crippen molar-refractivity contribution in [1.29, 1.82) is 0 Å². The fourth-order valence-corrected chi connectivity index (χ4v) is 3.82. The number of piperazine rings is 1. The Morgan fingerprint density at radius 1 is 1.04 bits per heavy atom. The molecular formula is C19H26N6. The lowest BCUT2D eigenvalue weighted by atomic mass is 10.1. The molecular weight excluding hydrogens is 312 g/mol. The summed E-state index contributed by atoms with van der Waals surface area (Å²) in [6.07, 6.45) is 3.95. The highest BCUT2D eigenvalue weighted by Crippen LogP contribution is 2.24. The molecule has 6 nitrogen and oxygen atoms in total. The molecule has 1 aliphatic heterocycles. The van der Waals surface area contributed by atoms with Crippen LogP contribution in [-0.2, 0) is 12.8 Å². The molecule has 0 radical (unpaired) electrons. The second kappa shape index (κ2) is 7.37. The molecule has 1 fully saturated rings. The van der Waals surface area contributed by atoms with E-state index in [1.807, 2.05) is 12.3 Å². The molecule has 1 aromatic heterocycles. The van der Waals surface area contributed by atoms with Gasteiger partial charge in [-0.05, 0) is 30.0 Å². The quantitative estimate of drug-likeness (QED) is 0.852. The maximum Gasteiger partial charge on any atom is 0.224 e. The Morgan fingerprint density at radius 3 is 2.44 bits per heavy atom. The Morgan fingerprint density at radius 2 is 1.76 bits per heavy atom. The number of hydrogen-bond donors (Lipinski definition) is 2. The van der Waals surface area contributed by atoms with E-state index in [-0.39, 0.29) is 0 Å². The van der Waals surface area contributed by atoms with Gasteiger partial charge in [0.15, 0.2) is 0 Å². The first-order valence-electron chi connectivity index (χ1n) is 9.15. The third-order valence-corrected chi connectivity index (χ3v) is 5.17. The molecule has 2 aliphatic rings. The van der Waals surface area contributed by atoms with Crippen LogP contribution < -0.4 is 16.0 Å². The maximum absolute atomic E-state index is 5.65. The number of anilines is 2. The molecule has 0 spiro atoms. The van der Waals surface area contributed by atoms with Crippen molar-refractivity contribution >= 4 is 11.8 Å². The largest absolute Gasteiger partial charge is 0.354 e. The maximum atomic E-state index is 5.65. The summed E-state index contributed by atoms with van der Waals surface area (Å²) < 4.78 is 0. The second-order valence-corrected chi connectivity index (χ2v) is 6.87. The number of aromatic nitrogens is 2. The summed E-state index contributed by atoms with van der Waals surface area (Å²) in [7, 11) is 0. The van der Waals surface area contributed by atoms with Gasteiger partial charge in [-0.15, -0.1) is 0 Å². The van der Waals surface area contributed by atoms with Gasteiger partial charge in [-0.1, -0.05) is 24.3 Å². The molecule has 6 heteroatoms. The van der Waals surface area contributed by atoms with Crippen molar-refractivity contribution in [3.63, 3.8) is 0 Å². The molecule has 0 saturated carbocycles. The lowest BCUT2D eigenvalue weighted by molar-refractivity contribution is 0.264. The highest BCUT2D eigenvalue weighted by molar-refractivity contribution is 5.45. The van der Waals surface area contributed by atoms with Gasteiger partial charge in [-0.25, -0.2) is 4.98 Å². The third-order valence-electron chi connectivity index (χ3n) is 5.17. The minimum atomic E-state index is 0.383. The van der Waals surface area contributed by atoms with Crippen LogP contribution in [-0.4, -0.2) is 60.2 Å². The van der Waals surface area contributed by atoms with E-state index in [4.69, 9.17) is 10.7 Å². The zero-order valence-electron chi connectivity index (χ0n) is 14.6. The molecule has 1 aliphatic carbocycles. The van der Waals surface area contributed by atoms with Gasteiger partial charge in [0.2, 0.25) is 5.95 Å². The van der Waals surface area contributed by atoms with E-state index < -0.39 is 0 Å². The Hall–Kier alpha value is -2.18. The minimum absolute atomic E-state index is 0.383. The van der Waals surface area contributed by atoms with E-state index in [0.29, 0.717) is 6.04 Å². The SMILES string of the molecule is NCCN1CCN(c2ccnc(NC3Cc4ccccc4C3)n2)CC1. The molecule has 132 valence electrons. The van der Waals surface area contributed by atoms with Gasteiger partial charge in [0.1, 0.15) is 5.82 Å². The average molecular weight is 338 g/mol. The minimum Gasteiger partial charge on any atom is -0.354 e. The molecule has 0 atom stereocenters. The molecule has 2 heterocycles. The number of nitrogens with two attached hydrogens (primary N) is 1. The zero-order chi connectivity index (χ0) is 17.1. The van der Waals surface area contributed by atoms with Gasteiger partial charge >= 0.3 is 0 Å². The summed E-state index contributed by atoms with van der Waals surface area (Å²) in [6, 6.07) is 11.1. The van der Waals surface area contributed by atoms with Crippen molar-refractivity contribution < 1.29 is 0 Å². The van der Waals surface area contributed by atoms with Gasteiger partial charge < -0.3 is 16.0 Å². The summed E-state index contributed by atoms with van der Waals surface area (Å²) in [5.41, 5.74) is 8.52. The lowest BCUT2D eigenvalue weighted by Crippen LogP contribution is -2.48. The molecule has 4 rings (SSSR count). The van der Waals surface area contributed by atoms with E-state index in [0.717, 1.165) is 63.9 Å². The number of fused-ring (bicyclic) bond motifs is 1. The van der Waals surface area contributed by atoms with Crippen molar-refractivity contribution in [2.75, 3.05) is 49.5 Å². The van der Waals surface area contributed by atoms with Gasteiger partial charge in [0.25, 0.3) is 0 Å². The fourth-order valence-electron chi connectivity index (χ4n) is 3.82. The van der Waals surface area contributed by atoms with Crippen LogP contribution in [0.15, 0.2) is 36.5 Å². The third kappa shape index (κ3) is 3.75. The van der Waals surface area contributed by atoms with E-state index in [1.165, 1.54) is 11.1 Å². The van der Waals surface area contributed by atoms with Crippen LogP contribution in [0.5, 0.6) is 0 Å². The number of rotatable bonds is 5. The number of benzene rings is 1. The molecule has 1 aromatic carbocycles. The Labute approximate surface area is 149 Å². The molecule has 2 aromatic rings. The van der Waals surface area contributed by atoms with E-state index >= 15 is 0 Å².